The molecule has 0 aliphatic carbocycles. The van der Waals surface area contributed by atoms with Gasteiger partial charge in [0.05, 0.1) is 17.7 Å². The van der Waals surface area contributed by atoms with Crippen LogP contribution in [-0.4, -0.2) is 67.5 Å². The molecule has 2 fully saturated rings. The highest BCUT2D eigenvalue weighted by molar-refractivity contribution is 5.96. The van der Waals surface area contributed by atoms with Gasteiger partial charge in [-0.1, -0.05) is 36.4 Å². The molecule has 0 aromatic heterocycles. The van der Waals surface area contributed by atoms with Crippen molar-refractivity contribution in [1.29, 1.82) is 0 Å². The third kappa shape index (κ3) is 7.92. The van der Waals surface area contributed by atoms with Crippen LogP contribution in [0.1, 0.15) is 44.7 Å². The number of likely N-dealkylation sites (tertiary alicyclic amines) is 1. The Hall–Kier alpha value is -4.38. The second kappa shape index (κ2) is 13.3. The molecular formula is C32H33F3N4O4. The average molecular weight is 595 g/mol. The Kier molecular flexibility index (Phi) is 9.30. The van der Waals surface area contributed by atoms with Crippen LogP contribution in [0.2, 0.25) is 0 Å². The SMILES string of the molecule is O=C(CNC(=O)c1cccc(C(F)(F)F)c1)N[C@@H]1CCN(C2CCN(c3ccc(C(=O)OCc4ccccc4)cc3)C2)C1. The second-order valence-corrected chi connectivity index (χ2v) is 10.8. The van der Waals surface area contributed by atoms with Gasteiger partial charge in [-0.25, -0.2) is 4.79 Å². The van der Waals surface area contributed by atoms with Gasteiger partial charge in [0.15, 0.2) is 0 Å². The molecule has 3 aromatic rings. The van der Waals surface area contributed by atoms with E-state index in [9.17, 15) is 27.6 Å². The molecule has 2 heterocycles. The first kappa shape index (κ1) is 30.1. The van der Waals surface area contributed by atoms with E-state index in [0.717, 1.165) is 61.9 Å². The lowest BCUT2D eigenvalue weighted by Gasteiger charge is -2.25. The maximum Gasteiger partial charge on any atom is 0.416 e. The molecule has 0 bridgehead atoms. The second-order valence-electron chi connectivity index (χ2n) is 10.8. The minimum absolute atomic E-state index is 0.0757. The van der Waals surface area contributed by atoms with Crippen LogP contribution in [0.5, 0.6) is 0 Å². The molecule has 2 aliphatic rings. The highest BCUT2D eigenvalue weighted by Gasteiger charge is 2.34. The van der Waals surface area contributed by atoms with Gasteiger partial charge in [-0.05, 0) is 60.9 Å². The fourth-order valence-corrected chi connectivity index (χ4v) is 5.50. The Labute approximate surface area is 247 Å². The molecule has 5 rings (SSSR count). The van der Waals surface area contributed by atoms with E-state index in [1.807, 2.05) is 42.5 Å². The minimum atomic E-state index is -4.55. The number of esters is 1. The highest BCUT2D eigenvalue weighted by atomic mass is 19.4. The maximum absolute atomic E-state index is 12.9. The highest BCUT2D eigenvalue weighted by Crippen LogP contribution is 2.29. The van der Waals surface area contributed by atoms with Gasteiger partial charge < -0.3 is 20.3 Å². The van der Waals surface area contributed by atoms with Crippen LogP contribution in [0.15, 0.2) is 78.9 Å². The van der Waals surface area contributed by atoms with Crippen molar-refractivity contribution in [2.24, 2.45) is 0 Å². The van der Waals surface area contributed by atoms with Crippen LogP contribution in [0.4, 0.5) is 18.9 Å². The van der Waals surface area contributed by atoms with Crippen LogP contribution in [-0.2, 0) is 22.3 Å². The molecule has 3 aromatic carbocycles. The quantitative estimate of drug-likeness (QED) is 0.360. The summed E-state index contributed by atoms with van der Waals surface area (Å²) in [5.41, 5.74) is 1.39. The van der Waals surface area contributed by atoms with Gasteiger partial charge >= 0.3 is 12.1 Å². The lowest BCUT2D eigenvalue weighted by Crippen LogP contribution is -2.44. The zero-order valence-electron chi connectivity index (χ0n) is 23.5. The van der Waals surface area contributed by atoms with Gasteiger partial charge in [0.1, 0.15) is 6.61 Å². The lowest BCUT2D eigenvalue weighted by atomic mass is 10.1. The molecule has 2 atom stereocenters. The van der Waals surface area contributed by atoms with E-state index in [0.29, 0.717) is 18.2 Å². The van der Waals surface area contributed by atoms with Crippen molar-refractivity contribution in [3.63, 3.8) is 0 Å². The van der Waals surface area contributed by atoms with Gasteiger partial charge in [-0.3, -0.25) is 14.5 Å². The molecule has 0 spiro atoms. The lowest BCUT2D eigenvalue weighted by molar-refractivity contribution is -0.137. The Balaban J connectivity index is 1.04. The number of benzene rings is 3. The van der Waals surface area contributed by atoms with Crippen molar-refractivity contribution < 1.29 is 32.3 Å². The summed E-state index contributed by atoms with van der Waals surface area (Å²) in [5, 5.41) is 5.32. The van der Waals surface area contributed by atoms with Gasteiger partial charge in [0.25, 0.3) is 5.91 Å². The Bertz CT molecular complexity index is 1430. The standard InChI is InChI=1S/C32H33F3N4O4/c33-32(34,35)25-8-4-7-24(17-25)30(41)36-18-29(40)37-26-13-15-38(19-26)28-14-16-39(20-28)27-11-9-23(10-12-27)31(42)43-21-22-5-2-1-3-6-22/h1-12,17,26,28H,13-16,18-21H2,(H,36,41)(H,37,40)/t26-,28?/m1/s1. The molecule has 0 saturated carbocycles. The smallest absolute Gasteiger partial charge is 0.416 e. The van der Waals surface area contributed by atoms with Crippen molar-refractivity contribution in [3.8, 4) is 0 Å². The van der Waals surface area contributed by atoms with Gasteiger partial charge in [-0.15, -0.1) is 0 Å². The van der Waals surface area contributed by atoms with Crippen LogP contribution < -0.4 is 15.5 Å². The number of hydrogen-bond acceptors (Lipinski definition) is 6. The molecule has 2 saturated heterocycles. The largest absolute Gasteiger partial charge is 0.457 e. The van der Waals surface area contributed by atoms with E-state index in [4.69, 9.17) is 4.74 Å². The number of hydrogen-bond donors (Lipinski definition) is 2. The van der Waals surface area contributed by atoms with Gasteiger partial charge in [0.2, 0.25) is 5.91 Å². The summed E-state index contributed by atoms with van der Waals surface area (Å²) in [5.74, 6) is -1.49. The van der Waals surface area contributed by atoms with Gasteiger partial charge in [0, 0.05) is 49.5 Å². The first-order chi connectivity index (χ1) is 20.7. The molecule has 8 nitrogen and oxygen atoms in total. The fraction of sp³-hybridized carbons (Fsp3) is 0.344. The summed E-state index contributed by atoms with van der Waals surface area (Å²) in [4.78, 5) is 41.8. The summed E-state index contributed by atoms with van der Waals surface area (Å²) in [6.07, 6.45) is -2.82. The molecule has 43 heavy (non-hydrogen) atoms. The molecule has 2 amide bonds. The van der Waals surface area contributed by atoms with Crippen molar-refractivity contribution in [2.75, 3.05) is 37.6 Å². The fourth-order valence-electron chi connectivity index (χ4n) is 5.50. The first-order valence-corrected chi connectivity index (χ1v) is 14.2. The number of ether oxygens (including phenoxy) is 1. The van der Waals surface area contributed by atoms with E-state index in [-0.39, 0.29) is 36.6 Å². The monoisotopic (exact) mass is 594 g/mol. The van der Waals surface area contributed by atoms with Crippen LogP contribution in [0.3, 0.4) is 0 Å². The number of nitrogens with zero attached hydrogens (tertiary/aromatic N) is 2. The summed E-state index contributed by atoms with van der Waals surface area (Å²) < 4.78 is 44.2. The Morgan fingerprint density at radius 3 is 2.37 bits per heavy atom. The Morgan fingerprint density at radius 1 is 0.860 bits per heavy atom. The molecule has 11 heteroatoms. The third-order valence-corrected chi connectivity index (χ3v) is 7.81. The zero-order chi connectivity index (χ0) is 30.4. The van der Waals surface area contributed by atoms with Crippen molar-refractivity contribution in [2.45, 2.75) is 37.7 Å². The summed E-state index contributed by atoms with van der Waals surface area (Å²) >= 11 is 0. The van der Waals surface area contributed by atoms with E-state index >= 15 is 0 Å². The molecule has 1 unspecified atom stereocenters. The summed E-state index contributed by atoms with van der Waals surface area (Å²) in [6.45, 7) is 3.10. The number of alkyl halides is 3. The number of halogens is 3. The zero-order valence-corrected chi connectivity index (χ0v) is 23.5. The molecule has 2 aliphatic heterocycles. The number of amides is 2. The minimum Gasteiger partial charge on any atom is -0.457 e. The summed E-state index contributed by atoms with van der Waals surface area (Å²) in [6, 6.07) is 21.3. The third-order valence-electron chi connectivity index (χ3n) is 7.81. The van der Waals surface area contributed by atoms with Crippen molar-refractivity contribution >= 4 is 23.5 Å². The van der Waals surface area contributed by atoms with E-state index in [2.05, 4.69) is 20.4 Å². The van der Waals surface area contributed by atoms with E-state index in [1.165, 1.54) is 6.07 Å². The Morgan fingerprint density at radius 2 is 1.63 bits per heavy atom. The number of nitrogens with one attached hydrogen (secondary N) is 2. The molecule has 0 radical (unpaired) electrons. The predicted octanol–water partition coefficient (Wildman–Crippen LogP) is 4.26. The van der Waals surface area contributed by atoms with Crippen LogP contribution >= 0.6 is 0 Å². The van der Waals surface area contributed by atoms with Crippen molar-refractivity contribution in [3.05, 3.63) is 101 Å². The maximum atomic E-state index is 12.9. The molecule has 226 valence electrons. The molecular weight excluding hydrogens is 561 g/mol. The van der Waals surface area contributed by atoms with Gasteiger partial charge in [-0.2, -0.15) is 13.2 Å². The van der Waals surface area contributed by atoms with Crippen LogP contribution in [0.25, 0.3) is 0 Å². The topological polar surface area (TPSA) is 91.0 Å². The molecule has 2 N–H and O–H groups in total. The van der Waals surface area contributed by atoms with E-state index in [1.54, 1.807) is 12.1 Å². The number of carbonyl (C=O) groups excluding carboxylic acids is 3. The van der Waals surface area contributed by atoms with Crippen molar-refractivity contribution in [1.82, 2.24) is 15.5 Å². The first-order valence-electron chi connectivity index (χ1n) is 14.2. The number of carbonyl (C=O) groups is 3. The normalized spacial score (nSPS) is 18.8. The average Bonchev–Trinajstić information content (AvgIpc) is 3.69. The predicted molar refractivity (Wildman–Crippen MR) is 155 cm³/mol. The number of rotatable bonds is 9. The number of anilines is 1. The van der Waals surface area contributed by atoms with E-state index < -0.39 is 17.6 Å². The summed E-state index contributed by atoms with van der Waals surface area (Å²) in [7, 11) is 0. The van der Waals surface area contributed by atoms with Crippen LogP contribution in [0, 0.1) is 0 Å².